The highest BCUT2D eigenvalue weighted by Gasteiger charge is 2.42. The number of rotatable bonds is 8. The lowest BCUT2D eigenvalue weighted by molar-refractivity contribution is 0.0642. The van der Waals surface area contributed by atoms with Gasteiger partial charge in [-0.2, -0.15) is 0 Å². The van der Waals surface area contributed by atoms with Crippen molar-refractivity contribution in [1.29, 1.82) is 0 Å². The van der Waals surface area contributed by atoms with Gasteiger partial charge in [-0.05, 0) is 20.8 Å². The molecule has 0 N–H and O–H groups in total. The largest absolute Gasteiger partial charge is 0.521 e. The van der Waals surface area contributed by atoms with Crippen LogP contribution in [-0.2, 0) is 13.3 Å². The highest BCUT2D eigenvalue weighted by atomic mass is 28.4. The van der Waals surface area contributed by atoms with Crippen molar-refractivity contribution in [3.05, 3.63) is 0 Å². The van der Waals surface area contributed by atoms with Crippen LogP contribution in [0.25, 0.3) is 0 Å². The predicted octanol–water partition coefficient (Wildman–Crippen LogP) is 1.05. The van der Waals surface area contributed by atoms with Gasteiger partial charge >= 0.3 is 8.80 Å². The lowest BCUT2D eigenvalue weighted by atomic mass is 10.7. The van der Waals surface area contributed by atoms with Gasteiger partial charge in [-0.3, -0.25) is 4.99 Å². The van der Waals surface area contributed by atoms with Crippen LogP contribution in [0.1, 0.15) is 20.8 Å². The van der Waals surface area contributed by atoms with Crippen LogP contribution in [0.2, 0.25) is 0 Å². The molecule has 0 saturated carbocycles. The highest BCUT2D eigenvalue weighted by molar-refractivity contribution is 6.61. The lowest BCUT2D eigenvalue weighted by Crippen LogP contribution is -2.57. The van der Waals surface area contributed by atoms with Crippen LogP contribution in [-0.4, -0.2) is 78.7 Å². The van der Waals surface area contributed by atoms with Gasteiger partial charge in [-0.15, -0.1) is 0 Å². The summed E-state index contributed by atoms with van der Waals surface area (Å²) in [6.07, 6.45) is 0.591. The van der Waals surface area contributed by atoms with Crippen LogP contribution in [0.4, 0.5) is 0 Å². The van der Waals surface area contributed by atoms with E-state index < -0.39 is 8.80 Å². The molecule has 0 bridgehead atoms. The van der Waals surface area contributed by atoms with E-state index in [1.54, 1.807) is 7.05 Å². The monoisotopic (exact) mass is 291 g/mol. The molecule has 7 heteroatoms. The van der Waals surface area contributed by atoms with Crippen molar-refractivity contribution in [2.75, 3.05) is 54.2 Å². The quantitative estimate of drug-likeness (QED) is 0.380. The molecule has 0 aromatic rings. The summed E-state index contributed by atoms with van der Waals surface area (Å²) in [6, 6.07) is 0. The van der Waals surface area contributed by atoms with E-state index in [9.17, 15) is 0 Å². The minimum absolute atomic E-state index is 0.584. The fourth-order valence-corrected chi connectivity index (χ4v) is 4.56. The Kier molecular flexibility index (Phi) is 8.99. The second kappa shape index (κ2) is 9.30. The fourth-order valence-electron chi connectivity index (χ4n) is 1.99. The van der Waals surface area contributed by atoms with Crippen molar-refractivity contribution in [2.24, 2.45) is 4.99 Å². The first-order valence-corrected chi connectivity index (χ1v) is 8.66. The number of hydrogen-bond donors (Lipinski definition) is 0. The van der Waals surface area contributed by atoms with E-state index >= 15 is 0 Å². The summed E-state index contributed by atoms with van der Waals surface area (Å²) in [6.45, 7) is 7.63. The van der Waals surface area contributed by atoms with E-state index in [1.165, 1.54) is 0 Å². The van der Waals surface area contributed by atoms with Crippen LogP contribution < -0.4 is 0 Å². The molecule has 0 atom stereocenters. The van der Waals surface area contributed by atoms with Crippen molar-refractivity contribution >= 4 is 14.8 Å². The molecular weight excluding hydrogens is 262 g/mol. The van der Waals surface area contributed by atoms with E-state index in [-0.39, 0.29) is 0 Å². The van der Waals surface area contributed by atoms with Crippen LogP contribution in [0.15, 0.2) is 4.99 Å². The maximum Gasteiger partial charge on any atom is 0.521 e. The Morgan fingerprint density at radius 3 is 1.63 bits per heavy atom. The van der Waals surface area contributed by atoms with Gasteiger partial charge in [0.15, 0.2) is 5.96 Å². The first-order chi connectivity index (χ1) is 8.96. The highest BCUT2D eigenvalue weighted by Crippen LogP contribution is 2.12. The zero-order valence-electron chi connectivity index (χ0n) is 13.4. The van der Waals surface area contributed by atoms with Gasteiger partial charge in [0.1, 0.15) is 0 Å². The van der Waals surface area contributed by atoms with Gasteiger partial charge in [-0.1, -0.05) is 0 Å². The van der Waals surface area contributed by atoms with Gasteiger partial charge in [0, 0.05) is 48.0 Å². The van der Waals surface area contributed by atoms with E-state index in [0.717, 1.165) is 5.96 Å². The molecule has 0 rings (SSSR count). The molecule has 6 nitrogen and oxygen atoms in total. The Balaban J connectivity index is 4.96. The number of aliphatic imine (C=N–C) groups is 1. The molecule has 0 aliphatic rings. The maximum absolute atomic E-state index is 5.83. The number of hydrogen-bond acceptors (Lipinski definition) is 4. The second-order valence-electron chi connectivity index (χ2n) is 4.26. The van der Waals surface area contributed by atoms with E-state index in [0.29, 0.717) is 26.0 Å². The first-order valence-electron chi connectivity index (χ1n) is 6.73. The summed E-state index contributed by atoms with van der Waals surface area (Å²) in [5, 5.41) is 0. The summed E-state index contributed by atoms with van der Waals surface area (Å²) in [5.41, 5.74) is 0. The Bertz CT molecular complexity index is 258. The van der Waals surface area contributed by atoms with Gasteiger partial charge in [0.25, 0.3) is 0 Å². The smallest absolute Gasteiger partial charge is 0.373 e. The Hall–Kier alpha value is -0.633. The summed E-state index contributed by atoms with van der Waals surface area (Å²) >= 11 is 0. The van der Waals surface area contributed by atoms with Crippen molar-refractivity contribution in [1.82, 2.24) is 9.80 Å². The molecule has 0 saturated heterocycles. The first kappa shape index (κ1) is 18.4. The van der Waals surface area contributed by atoms with E-state index in [4.69, 9.17) is 13.3 Å². The average molecular weight is 291 g/mol. The molecule has 0 amide bonds. The Labute approximate surface area is 118 Å². The lowest BCUT2D eigenvalue weighted by Gasteiger charge is -2.34. The minimum atomic E-state index is -2.67. The Morgan fingerprint density at radius 1 is 0.947 bits per heavy atom. The molecule has 0 radical (unpaired) electrons. The van der Waals surface area contributed by atoms with Crippen molar-refractivity contribution in [2.45, 2.75) is 20.8 Å². The molecule has 0 heterocycles. The second-order valence-corrected chi connectivity index (χ2v) is 6.80. The molecule has 0 fully saturated rings. The number of guanidine groups is 1. The topological polar surface area (TPSA) is 46.5 Å². The third kappa shape index (κ3) is 5.90. The SMILES string of the molecule is CCO[Si](CN(C)C(=NC)N(C)C)(OCC)OCC. The van der Waals surface area contributed by atoms with E-state index in [1.807, 2.05) is 51.7 Å². The van der Waals surface area contributed by atoms with Gasteiger partial charge < -0.3 is 23.1 Å². The maximum atomic E-state index is 5.83. The fraction of sp³-hybridized carbons (Fsp3) is 0.917. The molecule has 0 spiro atoms. The van der Waals surface area contributed by atoms with E-state index in [2.05, 4.69) is 4.99 Å². The zero-order valence-corrected chi connectivity index (χ0v) is 14.4. The molecular formula is C12H29N3O3Si. The molecule has 0 aliphatic carbocycles. The summed E-state index contributed by atoms with van der Waals surface area (Å²) in [4.78, 5) is 8.26. The molecule has 0 aromatic heterocycles. The molecule has 114 valence electrons. The van der Waals surface area contributed by atoms with Gasteiger partial charge in [0.2, 0.25) is 0 Å². The third-order valence-corrected chi connectivity index (χ3v) is 5.51. The average Bonchev–Trinajstić information content (AvgIpc) is 2.30. The molecule has 19 heavy (non-hydrogen) atoms. The summed E-state index contributed by atoms with van der Waals surface area (Å²) in [5.74, 6) is 0.871. The molecule has 0 unspecified atom stereocenters. The van der Waals surface area contributed by atoms with Gasteiger partial charge in [-0.25, -0.2) is 0 Å². The third-order valence-electron chi connectivity index (χ3n) is 2.46. The van der Waals surface area contributed by atoms with Crippen molar-refractivity contribution in [3.8, 4) is 0 Å². The number of nitrogens with zero attached hydrogens (tertiary/aromatic N) is 3. The van der Waals surface area contributed by atoms with Crippen molar-refractivity contribution < 1.29 is 13.3 Å². The van der Waals surface area contributed by atoms with Crippen LogP contribution in [0.3, 0.4) is 0 Å². The van der Waals surface area contributed by atoms with Crippen LogP contribution in [0, 0.1) is 0 Å². The normalized spacial score (nSPS) is 12.7. The van der Waals surface area contributed by atoms with Crippen LogP contribution >= 0.6 is 0 Å². The molecule has 0 aliphatic heterocycles. The summed E-state index contributed by atoms with van der Waals surface area (Å²) in [7, 11) is 5.01. The Morgan fingerprint density at radius 2 is 1.37 bits per heavy atom. The predicted molar refractivity (Wildman–Crippen MR) is 80.3 cm³/mol. The van der Waals surface area contributed by atoms with Gasteiger partial charge in [0.05, 0.1) is 6.17 Å². The van der Waals surface area contributed by atoms with Crippen LogP contribution in [0.5, 0.6) is 0 Å². The summed E-state index contributed by atoms with van der Waals surface area (Å²) < 4.78 is 17.5. The van der Waals surface area contributed by atoms with Crippen molar-refractivity contribution in [3.63, 3.8) is 0 Å². The molecule has 0 aromatic carbocycles. The standard InChI is InChI=1S/C12H29N3O3Si/c1-8-16-19(17-9-2,18-10-3)11-15(7)12(13-4)14(5)6/h8-11H2,1-7H3. The minimum Gasteiger partial charge on any atom is -0.373 e. The zero-order chi connectivity index (χ0) is 14.9.